The molecule has 0 unspecified atom stereocenters. The van der Waals surface area contributed by atoms with Gasteiger partial charge in [-0.1, -0.05) is 223 Å². The predicted octanol–water partition coefficient (Wildman–Crippen LogP) is 22.2. The lowest BCUT2D eigenvalue weighted by molar-refractivity contribution is 0.480. The molecule has 0 radical (unpaired) electrons. The van der Waals surface area contributed by atoms with Gasteiger partial charge in [-0.05, 0) is 161 Å². The first-order valence-corrected chi connectivity index (χ1v) is 31.4. The molecule has 3 heterocycles. The topological polar surface area (TPSA) is 36.9 Å². The van der Waals surface area contributed by atoms with Crippen molar-refractivity contribution in [1.82, 2.24) is 18.7 Å². The summed E-state index contributed by atoms with van der Waals surface area (Å²) in [5, 5.41) is 2.18. The molecular formula is C84H77N4O+. The molecule has 0 aliphatic heterocycles. The van der Waals surface area contributed by atoms with Crippen LogP contribution in [-0.2, 0) is 27.1 Å². The monoisotopic (exact) mass is 1160 g/mol. The Morgan fingerprint density at radius 2 is 0.955 bits per heavy atom. The van der Waals surface area contributed by atoms with E-state index in [2.05, 4.69) is 303 Å². The number of benzene rings is 10. The molecule has 0 N–H and O–H groups in total. The van der Waals surface area contributed by atoms with Crippen LogP contribution in [0, 0.1) is 6.85 Å². The minimum absolute atomic E-state index is 0.108. The maximum absolute atomic E-state index is 9.30. The molecule has 0 atom stereocenters. The second-order valence-electron chi connectivity index (χ2n) is 28.9. The van der Waals surface area contributed by atoms with Gasteiger partial charge < -0.3 is 4.74 Å². The Balaban J connectivity index is 1.02. The summed E-state index contributed by atoms with van der Waals surface area (Å²) in [7, 11) is 0. The van der Waals surface area contributed by atoms with Crippen LogP contribution >= 0.6 is 0 Å². The van der Waals surface area contributed by atoms with Crippen molar-refractivity contribution in [1.29, 1.82) is 0 Å². The summed E-state index contributed by atoms with van der Waals surface area (Å²) in [6.45, 7) is 24.9. The number of hydrogen-bond acceptors (Lipinski definition) is 2. The number of nitrogens with zero attached hydrogens (tertiary/aromatic N) is 4. The average molecular weight is 1160 g/mol. The maximum atomic E-state index is 9.30. The summed E-state index contributed by atoms with van der Waals surface area (Å²) >= 11 is 0. The Kier molecular flexibility index (Phi) is 11.8. The third-order valence-electron chi connectivity index (χ3n) is 19.1. The van der Waals surface area contributed by atoms with E-state index >= 15 is 0 Å². The first kappa shape index (κ1) is 52.5. The summed E-state index contributed by atoms with van der Waals surface area (Å²) in [5.41, 5.74) is 22.7. The molecular weight excluding hydrogens is 1080 g/mol. The van der Waals surface area contributed by atoms with E-state index in [0.717, 1.165) is 100 Å². The van der Waals surface area contributed by atoms with Gasteiger partial charge in [0, 0.05) is 62.0 Å². The Hall–Kier alpha value is -9.58. The number of pyridine rings is 1. The molecule has 5 nitrogen and oxygen atoms in total. The van der Waals surface area contributed by atoms with Crippen molar-refractivity contribution in [3.05, 3.63) is 281 Å². The van der Waals surface area contributed by atoms with E-state index in [9.17, 15) is 4.11 Å². The van der Waals surface area contributed by atoms with E-state index in [1.165, 1.54) is 38.9 Å². The minimum atomic E-state index is -2.56. The second kappa shape index (κ2) is 20.0. The molecule has 1 spiro atoms. The van der Waals surface area contributed by atoms with E-state index in [1.807, 2.05) is 18.3 Å². The second-order valence-corrected chi connectivity index (χ2v) is 28.9. The number of fused-ring (bicyclic) bond motifs is 15. The number of ether oxygens (including phenoxy) is 1. The van der Waals surface area contributed by atoms with Gasteiger partial charge >= 0.3 is 0 Å². The van der Waals surface area contributed by atoms with Crippen LogP contribution in [0.1, 0.15) is 137 Å². The van der Waals surface area contributed by atoms with Gasteiger partial charge in [0.05, 0.1) is 16.4 Å². The molecule has 0 saturated carbocycles. The average Bonchev–Trinajstić information content (AvgIpc) is 1.49. The fourth-order valence-electron chi connectivity index (χ4n) is 14.4. The number of para-hydroxylation sites is 3. The zero-order valence-corrected chi connectivity index (χ0v) is 53.1. The highest BCUT2D eigenvalue weighted by Crippen LogP contribution is 2.67. The number of hydrogen-bond donors (Lipinski definition) is 0. The Morgan fingerprint density at radius 3 is 1.57 bits per heavy atom. The largest absolute Gasteiger partial charge is 0.456 e. The molecule has 0 amide bonds. The highest BCUT2D eigenvalue weighted by molar-refractivity contribution is 6.17. The SMILES string of the molecule is [2H]C([2H])([2H])c1ccc(-n2[cH+]n(-c3c(-c4ccccc4)cc(C(C)(C)C)cc3-c3cc(C(C)(C)C)cc(C(C)(C)C)c3)c3ccccc32)cc1Oc1cc2c(c3c1-c1ccccc1C31c3ccccc3-c3ccccc31)c1ccccc1n2-c1cc(C(C)(C)C)ccn1. The number of imidazole rings is 1. The lowest BCUT2D eigenvalue weighted by Gasteiger charge is -2.31. The standard InChI is InChI=1S/C84H77N4O/c1-52-39-40-59(86-51-87(71-38-26-25-37-70(71)86)79-64(53-27-15-14-16-28-53)46-58(83(11,12)13)47-65(79)54-43-56(81(5,6)7)45-57(44-54)82(8,9)10)49-73(52)89-74-50-72-76(63-32-20-24-36-69(63)88(72)75-48-55(41-42-85-75)80(2,3)4)78-77(74)62-31-19-23-35-68(62)84(78)66-33-21-17-29-60(66)61-30-18-22-34-67(61)84/h14-51H,1-13H3/q+1/i1D3. The molecule has 89 heavy (non-hydrogen) atoms. The van der Waals surface area contributed by atoms with Crippen LogP contribution < -0.4 is 4.74 Å². The molecule has 2 aliphatic carbocycles. The molecule has 438 valence electrons. The molecule has 2 aliphatic rings. The van der Waals surface area contributed by atoms with Crippen LogP contribution in [0.4, 0.5) is 0 Å². The maximum Gasteiger partial charge on any atom is 0.168 e. The predicted molar refractivity (Wildman–Crippen MR) is 372 cm³/mol. The zero-order valence-electron chi connectivity index (χ0n) is 56.1. The summed E-state index contributed by atoms with van der Waals surface area (Å²) in [6.07, 6.45) is 4.11. The van der Waals surface area contributed by atoms with Crippen molar-refractivity contribution < 1.29 is 8.85 Å². The molecule has 3 aromatic heterocycles. The van der Waals surface area contributed by atoms with E-state index in [-0.39, 0.29) is 33.0 Å². The third-order valence-corrected chi connectivity index (χ3v) is 19.1. The van der Waals surface area contributed by atoms with Crippen molar-refractivity contribution in [3.63, 3.8) is 0 Å². The van der Waals surface area contributed by atoms with Crippen LogP contribution in [0.5, 0.6) is 11.5 Å². The highest BCUT2D eigenvalue weighted by atomic mass is 16.5. The molecule has 13 aromatic rings. The summed E-state index contributed by atoms with van der Waals surface area (Å²) in [4.78, 5) is 5.17. The number of aryl methyl sites for hydroxylation is 1. The summed E-state index contributed by atoms with van der Waals surface area (Å²) < 4.78 is 42.4. The van der Waals surface area contributed by atoms with E-state index in [0.29, 0.717) is 5.75 Å². The minimum Gasteiger partial charge on any atom is -0.456 e. The van der Waals surface area contributed by atoms with Gasteiger partial charge in [0.2, 0.25) is 0 Å². The molecule has 0 bridgehead atoms. The van der Waals surface area contributed by atoms with Crippen molar-refractivity contribution in [2.75, 3.05) is 0 Å². The fourth-order valence-corrected chi connectivity index (χ4v) is 14.4. The lowest BCUT2D eigenvalue weighted by Crippen LogP contribution is -2.26. The van der Waals surface area contributed by atoms with Crippen molar-refractivity contribution >= 4 is 32.8 Å². The van der Waals surface area contributed by atoms with Gasteiger partial charge in [-0.25, -0.2) is 4.98 Å². The van der Waals surface area contributed by atoms with Gasteiger partial charge in [0.25, 0.3) is 0 Å². The van der Waals surface area contributed by atoms with Gasteiger partial charge in [-0.3, -0.25) is 4.57 Å². The smallest absolute Gasteiger partial charge is 0.168 e. The summed E-state index contributed by atoms with van der Waals surface area (Å²) in [6, 6.07) is 78.6. The van der Waals surface area contributed by atoms with Crippen LogP contribution in [0.25, 0.3) is 94.5 Å². The first-order chi connectivity index (χ1) is 43.8. The number of aromatic nitrogens is 4. The van der Waals surface area contributed by atoms with Gasteiger partial charge in [-0.2, -0.15) is 9.13 Å². The Bertz CT molecular complexity index is 5090. The zero-order chi connectivity index (χ0) is 64.2. The fraction of sp³-hybridized carbons (Fsp3) is 0.214. The molecule has 5 heteroatoms. The Labute approximate surface area is 528 Å². The molecule has 0 fully saturated rings. The highest BCUT2D eigenvalue weighted by Gasteiger charge is 2.54. The quantitative estimate of drug-likeness (QED) is 0.149. The van der Waals surface area contributed by atoms with E-state index in [1.54, 1.807) is 6.07 Å². The Morgan fingerprint density at radius 1 is 0.427 bits per heavy atom. The molecule has 10 aromatic carbocycles. The van der Waals surface area contributed by atoms with E-state index < -0.39 is 12.3 Å². The van der Waals surface area contributed by atoms with Crippen LogP contribution in [-0.4, -0.2) is 18.7 Å². The normalized spacial score (nSPS) is 14.2. The number of rotatable bonds is 7. The van der Waals surface area contributed by atoms with Gasteiger partial charge in [-0.15, -0.1) is 0 Å². The van der Waals surface area contributed by atoms with Crippen LogP contribution in [0.3, 0.4) is 0 Å². The first-order valence-electron chi connectivity index (χ1n) is 32.9. The van der Waals surface area contributed by atoms with E-state index in [4.69, 9.17) is 9.72 Å². The third kappa shape index (κ3) is 8.78. The van der Waals surface area contributed by atoms with Crippen molar-refractivity contribution in [3.8, 4) is 73.2 Å². The van der Waals surface area contributed by atoms with Gasteiger partial charge in [0.15, 0.2) is 17.4 Å². The van der Waals surface area contributed by atoms with Crippen LogP contribution in [0.15, 0.2) is 231 Å². The summed E-state index contributed by atoms with van der Waals surface area (Å²) in [5.74, 6) is 1.57. The van der Waals surface area contributed by atoms with Crippen molar-refractivity contribution in [2.24, 2.45) is 0 Å². The van der Waals surface area contributed by atoms with Gasteiger partial charge in [0.1, 0.15) is 28.7 Å². The lowest BCUT2D eigenvalue weighted by atomic mass is 9.69. The van der Waals surface area contributed by atoms with Crippen molar-refractivity contribution in [2.45, 2.75) is 117 Å². The van der Waals surface area contributed by atoms with Crippen LogP contribution in [0.2, 0.25) is 0 Å². The molecule has 15 rings (SSSR count). The molecule has 0 saturated heterocycles.